The van der Waals surface area contributed by atoms with E-state index in [1.54, 1.807) is 6.07 Å². The molecule has 0 spiro atoms. The molecule has 1 N–H and O–H groups in total. The predicted molar refractivity (Wildman–Crippen MR) is 61.1 cm³/mol. The van der Waals surface area contributed by atoms with Gasteiger partial charge >= 0.3 is 0 Å². The summed E-state index contributed by atoms with van der Waals surface area (Å²) in [6, 6.07) is 4.88. The van der Waals surface area contributed by atoms with Gasteiger partial charge < -0.3 is 5.32 Å². The molecule has 0 amide bonds. The maximum absolute atomic E-state index is 12.9. The second-order valence-corrected chi connectivity index (χ2v) is 4.31. The molecule has 1 atom stereocenters. The first kappa shape index (κ1) is 11.3. The third kappa shape index (κ3) is 2.67. The Kier molecular flexibility index (Phi) is 3.67. The molecule has 1 heterocycles. The minimum atomic E-state index is -0.345. The molecular weight excluding hydrogens is 205 g/mol. The van der Waals surface area contributed by atoms with Crippen molar-refractivity contribution >= 4 is 6.29 Å². The fraction of sp³-hybridized carbons (Fsp3) is 0.462. The quantitative estimate of drug-likeness (QED) is 0.794. The van der Waals surface area contributed by atoms with E-state index in [9.17, 15) is 9.18 Å². The first-order valence-corrected chi connectivity index (χ1v) is 5.76. The number of carbonyl (C=O) groups excluding carboxylic acids is 1. The van der Waals surface area contributed by atoms with Gasteiger partial charge in [0.25, 0.3) is 0 Å². The van der Waals surface area contributed by atoms with Crippen LogP contribution in [-0.2, 0) is 6.42 Å². The maximum atomic E-state index is 12.9. The molecule has 1 aromatic rings. The van der Waals surface area contributed by atoms with Gasteiger partial charge in [0.2, 0.25) is 0 Å². The number of piperidine rings is 1. The van der Waals surface area contributed by atoms with Gasteiger partial charge in [-0.05, 0) is 43.5 Å². The maximum Gasteiger partial charge on any atom is 0.150 e. The first-order valence-electron chi connectivity index (χ1n) is 5.76. The lowest BCUT2D eigenvalue weighted by molar-refractivity contribution is 0.112. The van der Waals surface area contributed by atoms with E-state index in [4.69, 9.17) is 0 Å². The Morgan fingerprint density at radius 2 is 2.31 bits per heavy atom. The predicted octanol–water partition coefficient (Wildman–Crippen LogP) is 2.32. The zero-order chi connectivity index (χ0) is 11.4. The molecule has 86 valence electrons. The van der Waals surface area contributed by atoms with Crippen LogP contribution >= 0.6 is 0 Å². The summed E-state index contributed by atoms with van der Waals surface area (Å²) in [7, 11) is 0. The minimum absolute atomic E-state index is 0.345. The number of nitrogens with one attached hydrogen (secondary N) is 1. The Balaban J connectivity index is 2.10. The van der Waals surface area contributed by atoms with Crippen molar-refractivity contribution in [1.29, 1.82) is 0 Å². The van der Waals surface area contributed by atoms with Crippen LogP contribution in [0.25, 0.3) is 0 Å². The largest absolute Gasteiger partial charge is 0.314 e. The third-order valence-corrected chi connectivity index (χ3v) is 3.11. The number of carbonyl (C=O) groups is 1. The standard InChI is InChI=1S/C13H16FNO/c14-12-5-4-10(11(7-12)9-16)8-13-3-1-2-6-15-13/h4-5,7,9,13,15H,1-3,6,8H2. The van der Waals surface area contributed by atoms with Crippen LogP contribution in [0.3, 0.4) is 0 Å². The lowest BCUT2D eigenvalue weighted by Gasteiger charge is -2.23. The Morgan fingerprint density at radius 1 is 1.44 bits per heavy atom. The van der Waals surface area contributed by atoms with Gasteiger partial charge in [0.15, 0.2) is 0 Å². The van der Waals surface area contributed by atoms with Gasteiger partial charge in [-0.2, -0.15) is 0 Å². The lowest BCUT2D eigenvalue weighted by atomic mass is 9.95. The summed E-state index contributed by atoms with van der Waals surface area (Å²) in [5.41, 5.74) is 1.42. The summed E-state index contributed by atoms with van der Waals surface area (Å²) in [5.74, 6) is -0.345. The molecule has 2 rings (SSSR count). The second kappa shape index (κ2) is 5.21. The van der Waals surface area contributed by atoms with Crippen LogP contribution in [0.5, 0.6) is 0 Å². The minimum Gasteiger partial charge on any atom is -0.314 e. The molecule has 1 unspecified atom stereocenters. The van der Waals surface area contributed by atoms with Crippen molar-refractivity contribution in [3.05, 3.63) is 35.1 Å². The van der Waals surface area contributed by atoms with E-state index < -0.39 is 0 Å². The number of benzene rings is 1. The van der Waals surface area contributed by atoms with Crippen LogP contribution in [0.1, 0.15) is 35.2 Å². The van der Waals surface area contributed by atoms with Crippen LogP contribution < -0.4 is 5.32 Å². The summed E-state index contributed by atoms with van der Waals surface area (Å²) in [4.78, 5) is 10.8. The molecule has 2 nitrogen and oxygen atoms in total. The summed E-state index contributed by atoms with van der Waals surface area (Å²) < 4.78 is 12.9. The highest BCUT2D eigenvalue weighted by Gasteiger charge is 2.14. The van der Waals surface area contributed by atoms with Crippen LogP contribution in [0.2, 0.25) is 0 Å². The average molecular weight is 221 g/mol. The molecule has 1 fully saturated rings. The summed E-state index contributed by atoms with van der Waals surface area (Å²) >= 11 is 0. The van der Waals surface area contributed by atoms with Crippen LogP contribution in [0, 0.1) is 5.82 Å². The van der Waals surface area contributed by atoms with Gasteiger partial charge in [-0.25, -0.2) is 4.39 Å². The fourth-order valence-corrected chi connectivity index (χ4v) is 2.23. The fourth-order valence-electron chi connectivity index (χ4n) is 2.23. The SMILES string of the molecule is O=Cc1cc(F)ccc1CC1CCCCN1. The van der Waals surface area contributed by atoms with E-state index >= 15 is 0 Å². The number of halogens is 1. The summed E-state index contributed by atoms with van der Waals surface area (Å²) in [5, 5.41) is 3.42. The molecule has 0 saturated carbocycles. The highest BCUT2D eigenvalue weighted by atomic mass is 19.1. The molecule has 1 aliphatic rings. The Labute approximate surface area is 94.9 Å². The molecule has 16 heavy (non-hydrogen) atoms. The van der Waals surface area contributed by atoms with Crippen molar-refractivity contribution in [2.24, 2.45) is 0 Å². The second-order valence-electron chi connectivity index (χ2n) is 4.31. The topological polar surface area (TPSA) is 29.1 Å². The van der Waals surface area contributed by atoms with Crippen molar-refractivity contribution in [3.63, 3.8) is 0 Å². The Hall–Kier alpha value is -1.22. The molecule has 1 aromatic carbocycles. The smallest absolute Gasteiger partial charge is 0.150 e. The number of hydrogen-bond donors (Lipinski definition) is 1. The highest BCUT2D eigenvalue weighted by molar-refractivity contribution is 5.77. The Morgan fingerprint density at radius 3 is 3.00 bits per heavy atom. The zero-order valence-electron chi connectivity index (χ0n) is 9.21. The van der Waals surface area contributed by atoms with Gasteiger partial charge in [-0.3, -0.25) is 4.79 Å². The highest BCUT2D eigenvalue weighted by Crippen LogP contribution is 2.16. The first-order chi connectivity index (χ1) is 7.79. The van der Waals surface area contributed by atoms with E-state index in [0.717, 1.165) is 31.2 Å². The molecule has 1 aliphatic heterocycles. The third-order valence-electron chi connectivity index (χ3n) is 3.11. The van der Waals surface area contributed by atoms with E-state index in [1.165, 1.54) is 25.0 Å². The molecule has 0 radical (unpaired) electrons. The van der Waals surface area contributed by atoms with Gasteiger partial charge in [0.1, 0.15) is 12.1 Å². The molecule has 1 saturated heterocycles. The van der Waals surface area contributed by atoms with Crippen molar-refractivity contribution in [2.45, 2.75) is 31.7 Å². The van der Waals surface area contributed by atoms with E-state index in [2.05, 4.69) is 5.32 Å². The lowest BCUT2D eigenvalue weighted by Crippen LogP contribution is -2.35. The number of rotatable bonds is 3. The normalized spacial score (nSPS) is 20.7. The molecule has 3 heteroatoms. The van der Waals surface area contributed by atoms with Gasteiger partial charge in [0.05, 0.1) is 0 Å². The van der Waals surface area contributed by atoms with Gasteiger partial charge in [-0.1, -0.05) is 12.5 Å². The zero-order valence-corrected chi connectivity index (χ0v) is 9.21. The molecule has 0 aromatic heterocycles. The number of hydrogen-bond acceptors (Lipinski definition) is 2. The van der Waals surface area contributed by atoms with Crippen molar-refractivity contribution in [1.82, 2.24) is 5.32 Å². The number of aldehydes is 1. The van der Waals surface area contributed by atoms with E-state index in [1.807, 2.05) is 0 Å². The van der Waals surface area contributed by atoms with Gasteiger partial charge in [-0.15, -0.1) is 0 Å². The molecular formula is C13H16FNO. The van der Waals surface area contributed by atoms with Crippen LogP contribution in [-0.4, -0.2) is 18.9 Å². The van der Waals surface area contributed by atoms with E-state index in [0.29, 0.717) is 11.6 Å². The Bertz CT molecular complexity index is 372. The summed E-state index contributed by atoms with van der Waals surface area (Å²) in [6.07, 6.45) is 5.14. The molecule has 0 bridgehead atoms. The van der Waals surface area contributed by atoms with Crippen molar-refractivity contribution in [3.8, 4) is 0 Å². The average Bonchev–Trinajstić information content (AvgIpc) is 2.33. The monoisotopic (exact) mass is 221 g/mol. The molecule has 0 aliphatic carbocycles. The van der Waals surface area contributed by atoms with Crippen molar-refractivity contribution in [2.75, 3.05) is 6.54 Å². The van der Waals surface area contributed by atoms with Crippen LogP contribution in [0.4, 0.5) is 4.39 Å². The van der Waals surface area contributed by atoms with E-state index in [-0.39, 0.29) is 5.82 Å². The van der Waals surface area contributed by atoms with Crippen LogP contribution in [0.15, 0.2) is 18.2 Å². The van der Waals surface area contributed by atoms with Gasteiger partial charge in [0, 0.05) is 11.6 Å². The summed E-state index contributed by atoms with van der Waals surface area (Å²) in [6.45, 7) is 1.04. The van der Waals surface area contributed by atoms with Crippen molar-refractivity contribution < 1.29 is 9.18 Å².